The van der Waals surface area contributed by atoms with Crippen molar-refractivity contribution in [1.29, 1.82) is 0 Å². The maximum absolute atomic E-state index is 14.0. The van der Waals surface area contributed by atoms with E-state index in [2.05, 4.69) is 0 Å². The fraction of sp³-hybridized carbons (Fsp3) is 0.630. The SMILES string of the molecule is CC1=C2C(O)C(=O)[C@]3(C)C(O)CC4OC[C@@]4(O)C3C(OC(=O)c3ccccc3)C(O)(CC1O)C2(C)C.CC1=C2C(O)C(=O)[C@]3(C)C(O)CC4OC[C@@]4(O)C3C(OC(=O)c3ccccc3)C(O)(CC1O)C2(C)C.[Ac].[Ac].[Ac]. The summed E-state index contributed by atoms with van der Waals surface area (Å²) in [7, 11) is 0. The number of ether oxygens (including phenoxy) is 4. The summed E-state index contributed by atoms with van der Waals surface area (Å²) in [5, 5.41) is 116. The van der Waals surface area contributed by atoms with Gasteiger partial charge < -0.3 is 70.0 Å². The normalized spacial score (nSPS) is 43.7. The molecule has 0 amide bonds. The molecule has 4 saturated carbocycles. The van der Waals surface area contributed by atoms with Crippen molar-refractivity contribution in [2.75, 3.05) is 13.2 Å². The average Bonchev–Trinajstić information content (AvgIpc) is 3.33. The molecule has 4 bridgehead atoms. The van der Waals surface area contributed by atoms with Crippen LogP contribution in [0.5, 0.6) is 0 Å². The third kappa shape index (κ3) is 9.23. The summed E-state index contributed by atoms with van der Waals surface area (Å²) in [6, 6.07) is 16.2. The number of Topliss-reactive ketones (excluding diaryl/α,β-unsaturated/α-hetero) is 2. The number of esters is 2. The summed E-state index contributed by atoms with van der Waals surface area (Å²) >= 11 is 0. The third-order valence-corrected chi connectivity index (χ3v) is 19.3. The number of fused-ring (bicyclic) bond motifs is 10. The number of aliphatic hydroxyl groups is 10. The number of aliphatic hydroxyl groups excluding tert-OH is 6. The van der Waals surface area contributed by atoms with Gasteiger partial charge in [-0.1, -0.05) is 64.1 Å². The Morgan fingerprint density at radius 3 is 1.12 bits per heavy atom. The zero-order valence-corrected chi connectivity index (χ0v) is 57.7. The van der Waals surface area contributed by atoms with Crippen LogP contribution in [-0.2, 0) is 28.5 Å². The molecule has 8 aliphatic rings. The molecule has 18 atom stereocenters. The maximum atomic E-state index is 14.0. The van der Waals surface area contributed by atoms with Crippen LogP contribution in [0, 0.1) is 166 Å². The number of carbonyl (C=O) groups is 4. The minimum atomic E-state index is -2.02. The van der Waals surface area contributed by atoms with Crippen LogP contribution < -0.4 is 0 Å². The fourth-order valence-electron chi connectivity index (χ4n) is 14.5. The second kappa shape index (κ2) is 22.0. The summed E-state index contributed by atoms with van der Waals surface area (Å²) in [6.07, 6.45) is -14.2. The average molecular weight is 1690 g/mol. The molecule has 0 aromatic heterocycles. The van der Waals surface area contributed by atoms with E-state index in [1.54, 1.807) is 102 Å². The quantitative estimate of drug-likeness (QED) is 0.151. The third-order valence-electron chi connectivity index (χ3n) is 19.3. The minimum absolute atomic E-state index is 0. The number of benzene rings is 2. The number of carbonyl (C=O) groups excluding carboxylic acids is 4. The van der Waals surface area contributed by atoms with Crippen molar-refractivity contribution >= 4 is 23.5 Å². The Bertz CT molecular complexity index is 2450. The predicted molar refractivity (Wildman–Crippen MR) is 251 cm³/mol. The summed E-state index contributed by atoms with van der Waals surface area (Å²) in [5.74, 6) is -5.78. The first-order chi connectivity index (χ1) is 33.4. The topological polar surface area (TPSA) is 308 Å². The van der Waals surface area contributed by atoms with Crippen LogP contribution in [0.15, 0.2) is 83.0 Å². The molecule has 0 spiro atoms. The summed E-state index contributed by atoms with van der Waals surface area (Å²) < 4.78 is 23.1. The van der Waals surface area contributed by atoms with Crippen LogP contribution in [0.2, 0.25) is 0 Å². The molecule has 2 aliphatic heterocycles. The van der Waals surface area contributed by atoms with E-state index in [-0.39, 0.29) is 193 Å². The van der Waals surface area contributed by atoms with E-state index in [1.807, 2.05) is 0 Å². The van der Waals surface area contributed by atoms with Crippen LogP contribution in [0.3, 0.4) is 0 Å². The zero-order valence-electron chi connectivity index (χ0n) is 43.4. The number of ketones is 2. The van der Waals surface area contributed by atoms with E-state index < -0.39 is 140 Å². The Hall–Kier alpha value is 0.0447. The fourth-order valence-corrected chi connectivity index (χ4v) is 14.5. The Kier molecular flexibility index (Phi) is 18.8. The van der Waals surface area contributed by atoms with Gasteiger partial charge in [-0.2, -0.15) is 0 Å². The molecule has 10 rings (SSSR count). The van der Waals surface area contributed by atoms with Gasteiger partial charge in [0.2, 0.25) is 0 Å². The molecular formula is C54H68Ac3O18. The molecule has 6 aliphatic carbocycles. The standard InChI is InChI=1S/2C27H34O9.3Ac/c2*1-13-15(28)11-27(34)22(36-23(32)14-8-6-5-7-9-14)20-25(4,16(29)10-17-26(20,33)12-35-17)21(31)19(30)18(13)24(27,2)3;;;/h2*5-9,15-17,19-20,22,28-30,33-34H,10-12H2,1-4H3;;;/t2*15?,16?,17?,19?,20?,22?,25-,26+,27?;;;/m11.../s1. The number of hydrogen-bond donors (Lipinski definition) is 10. The van der Waals surface area contributed by atoms with Crippen LogP contribution >= 0.6 is 0 Å². The van der Waals surface area contributed by atoms with Crippen LogP contribution in [0.1, 0.15) is 102 Å². The Morgan fingerprint density at radius 2 is 0.840 bits per heavy atom. The van der Waals surface area contributed by atoms with Gasteiger partial charge >= 0.3 is 11.9 Å². The molecule has 2 aromatic rings. The van der Waals surface area contributed by atoms with Crippen molar-refractivity contribution in [2.24, 2.45) is 33.5 Å². The van der Waals surface area contributed by atoms with E-state index in [0.29, 0.717) is 11.1 Å². The van der Waals surface area contributed by atoms with Crippen molar-refractivity contribution in [3.8, 4) is 0 Å². The molecule has 18 nitrogen and oxygen atoms in total. The van der Waals surface area contributed by atoms with Crippen LogP contribution in [-0.4, -0.2) is 171 Å². The van der Waals surface area contributed by atoms with Gasteiger partial charge in [0.25, 0.3) is 0 Å². The van der Waals surface area contributed by atoms with E-state index in [0.717, 1.165) is 0 Å². The number of rotatable bonds is 4. The van der Waals surface area contributed by atoms with Gasteiger partial charge in [-0.15, -0.1) is 0 Å². The first-order valence-electron chi connectivity index (χ1n) is 24.7. The largest absolute Gasteiger partial charge is 0.455 e. The van der Waals surface area contributed by atoms with Gasteiger partial charge in [0.05, 0.1) is 71.8 Å². The number of hydrogen-bond acceptors (Lipinski definition) is 18. The van der Waals surface area contributed by atoms with Gasteiger partial charge in [0, 0.05) is 181 Å². The molecule has 14 unspecified atom stereocenters. The predicted octanol–water partition coefficient (Wildman–Crippen LogP) is 1.02. The first-order valence-corrected chi connectivity index (χ1v) is 24.7. The summed E-state index contributed by atoms with van der Waals surface area (Å²) in [6.45, 7) is 12.1. The summed E-state index contributed by atoms with van der Waals surface area (Å²) in [5.41, 5.74) is -12.5. The van der Waals surface area contributed by atoms with Gasteiger partial charge in [-0.25, -0.2) is 9.59 Å². The van der Waals surface area contributed by atoms with Gasteiger partial charge in [0.1, 0.15) is 46.8 Å². The molecule has 2 saturated heterocycles. The van der Waals surface area contributed by atoms with Crippen LogP contribution in [0.4, 0.5) is 0 Å². The molecule has 10 N–H and O–H groups in total. The molecule has 401 valence electrons. The molecule has 2 aromatic carbocycles. The van der Waals surface area contributed by atoms with Crippen molar-refractivity contribution in [3.63, 3.8) is 0 Å². The van der Waals surface area contributed by atoms with Crippen molar-refractivity contribution < 1.29 is 221 Å². The second-order valence-corrected chi connectivity index (χ2v) is 23.3. The van der Waals surface area contributed by atoms with Crippen LogP contribution in [0.25, 0.3) is 0 Å². The Morgan fingerprint density at radius 1 is 0.533 bits per heavy atom. The van der Waals surface area contributed by atoms with E-state index in [4.69, 9.17) is 18.9 Å². The smallest absolute Gasteiger partial charge is 0.338 e. The summed E-state index contributed by atoms with van der Waals surface area (Å²) in [4.78, 5) is 54.8. The monoisotopic (exact) mass is 1690 g/mol. The Balaban J connectivity index is 0.000000234. The molecule has 75 heavy (non-hydrogen) atoms. The Labute approximate surface area is 543 Å². The van der Waals surface area contributed by atoms with E-state index in [1.165, 1.54) is 13.8 Å². The maximum Gasteiger partial charge on any atom is 0.338 e. The molecule has 3 radical (unpaired) electrons. The van der Waals surface area contributed by atoms with Crippen molar-refractivity contribution in [2.45, 2.75) is 165 Å². The zero-order chi connectivity index (χ0) is 52.8. The molecular weight excluding hydrogens is 1620 g/mol. The van der Waals surface area contributed by atoms with Gasteiger partial charge in [-0.05, 0) is 74.3 Å². The van der Waals surface area contributed by atoms with Crippen molar-refractivity contribution in [3.05, 3.63) is 94.1 Å². The van der Waals surface area contributed by atoms with Gasteiger partial charge in [-0.3, -0.25) is 9.59 Å². The second-order valence-electron chi connectivity index (χ2n) is 23.3. The molecule has 2 heterocycles. The van der Waals surface area contributed by atoms with E-state index in [9.17, 15) is 70.2 Å². The van der Waals surface area contributed by atoms with Crippen molar-refractivity contribution in [1.82, 2.24) is 0 Å². The first kappa shape index (κ1) is 64.2. The molecule has 6 fully saturated rings. The van der Waals surface area contributed by atoms with E-state index >= 15 is 0 Å². The minimum Gasteiger partial charge on any atom is -0.455 e. The molecule has 21 heteroatoms. The van der Waals surface area contributed by atoms with Gasteiger partial charge in [0.15, 0.2) is 11.6 Å².